The fourth-order valence-electron chi connectivity index (χ4n) is 3.57. The molecule has 0 spiro atoms. The normalized spacial score (nSPS) is 13.8. The highest BCUT2D eigenvalue weighted by Gasteiger charge is 2.41. The van der Waals surface area contributed by atoms with E-state index in [1.165, 1.54) is 29.2 Å². The molecule has 2 aromatic rings. The van der Waals surface area contributed by atoms with Crippen molar-refractivity contribution in [2.75, 3.05) is 25.1 Å². The third-order valence-electron chi connectivity index (χ3n) is 5.26. The van der Waals surface area contributed by atoms with Crippen molar-refractivity contribution in [3.05, 3.63) is 75.5 Å². The summed E-state index contributed by atoms with van der Waals surface area (Å²) in [6, 6.07) is 12.8. The fourth-order valence-corrected chi connectivity index (χ4v) is 3.57. The predicted molar refractivity (Wildman–Crippen MR) is 117 cm³/mol. The molecule has 0 saturated carbocycles. The van der Waals surface area contributed by atoms with E-state index in [0.717, 1.165) is 29.7 Å². The monoisotopic (exact) mass is 423 g/mol. The number of hydrogen-bond donors (Lipinski definition) is 1. The number of unbranched alkanes of at least 4 members (excludes halogenated alkanes) is 1. The summed E-state index contributed by atoms with van der Waals surface area (Å²) in [4.78, 5) is 39.7. The minimum absolute atomic E-state index is 0.106. The Morgan fingerprint density at radius 3 is 2.23 bits per heavy atom. The molecule has 0 atom stereocenters. The van der Waals surface area contributed by atoms with Crippen LogP contribution in [-0.4, -0.2) is 46.9 Å². The molecule has 0 unspecified atom stereocenters. The Morgan fingerprint density at radius 2 is 1.68 bits per heavy atom. The van der Waals surface area contributed by atoms with Crippen molar-refractivity contribution < 1.29 is 19.6 Å². The lowest BCUT2D eigenvalue weighted by atomic mass is 10.0. The molecular weight excluding hydrogens is 398 g/mol. The highest BCUT2D eigenvalue weighted by Crippen LogP contribution is 2.35. The van der Waals surface area contributed by atoms with Crippen LogP contribution in [0.15, 0.2) is 54.2 Å². The van der Waals surface area contributed by atoms with Gasteiger partial charge in [-0.05, 0) is 48.2 Å². The van der Waals surface area contributed by atoms with E-state index in [9.17, 15) is 24.8 Å². The summed E-state index contributed by atoms with van der Waals surface area (Å²) in [6.07, 6.45) is 3.06. The number of non-ortho nitro benzene ring substituents is 1. The van der Waals surface area contributed by atoms with Gasteiger partial charge < -0.3 is 10.0 Å². The summed E-state index contributed by atoms with van der Waals surface area (Å²) < 4.78 is 0. The molecule has 0 fully saturated rings. The highest BCUT2D eigenvalue weighted by atomic mass is 16.6. The molecular formula is C23H25N3O5. The Balaban J connectivity index is 2.00. The number of likely N-dealkylation sites (N-methyl/N-ethyl adjacent to an activating group) is 1. The number of aliphatic hydroxyl groups is 1. The third-order valence-corrected chi connectivity index (χ3v) is 5.26. The van der Waals surface area contributed by atoms with Gasteiger partial charge in [0, 0.05) is 25.7 Å². The van der Waals surface area contributed by atoms with Crippen LogP contribution in [-0.2, 0) is 16.0 Å². The van der Waals surface area contributed by atoms with Crippen LogP contribution >= 0.6 is 0 Å². The fraction of sp³-hybridized carbons (Fsp3) is 0.304. The molecule has 1 N–H and O–H groups in total. The van der Waals surface area contributed by atoms with Crippen LogP contribution in [0.2, 0.25) is 0 Å². The van der Waals surface area contributed by atoms with Crippen LogP contribution in [0.25, 0.3) is 5.57 Å². The molecule has 0 aromatic heterocycles. The van der Waals surface area contributed by atoms with Crippen molar-refractivity contribution in [1.29, 1.82) is 0 Å². The van der Waals surface area contributed by atoms with Gasteiger partial charge >= 0.3 is 0 Å². The van der Waals surface area contributed by atoms with E-state index in [1.807, 2.05) is 12.1 Å². The number of benzene rings is 2. The molecule has 0 radical (unpaired) electrons. The first-order valence-electron chi connectivity index (χ1n) is 10.2. The largest absolute Gasteiger partial charge is 0.395 e. The molecule has 0 bridgehead atoms. The average molecular weight is 423 g/mol. The highest BCUT2D eigenvalue weighted by molar-refractivity contribution is 6.45. The summed E-state index contributed by atoms with van der Waals surface area (Å²) in [6.45, 7) is 2.08. The van der Waals surface area contributed by atoms with Gasteiger partial charge in [0.25, 0.3) is 17.5 Å². The standard InChI is InChI=1S/C23H25N3O5/c1-3-4-5-16-6-10-18(11-7-16)25-22(28)20(21(23(25)29)24(2)14-15-27)17-8-12-19(13-9-17)26(30)31/h6-13,27H,3-5,14-15H2,1-2H3. The SMILES string of the molecule is CCCCc1ccc(N2C(=O)C(c3ccc([N+](=O)[O-])cc3)=C(N(C)CCO)C2=O)cc1. The Bertz CT molecular complexity index is 1010. The number of nitro groups is 1. The molecule has 1 aliphatic heterocycles. The summed E-state index contributed by atoms with van der Waals surface area (Å²) in [7, 11) is 1.62. The van der Waals surface area contributed by atoms with Crippen LogP contribution in [0.4, 0.5) is 11.4 Å². The van der Waals surface area contributed by atoms with Gasteiger partial charge in [-0.2, -0.15) is 0 Å². The molecule has 0 aliphatic carbocycles. The van der Waals surface area contributed by atoms with E-state index in [4.69, 9.17) is 0 Å². The number of nitro benzene ring substituents is 1. The van der Waals surface area contributed by atoms with Crippen LogP contribution in [0, 0.1) is 10.1 Å². The summed E-state index contributed by atoms with van der Waals surface area (Å²) in [5.41, 5.74) is 2.21. The van der Waals surface area contributed by atoms with Crippen molar-refractivity contribution in [1.82, 2.24) is 4.90 Å². The molecule has 1 aliphatic rings. The molecule has 8 nitrogen and oxygen atoms in total. The smallest absolute Gasteiger partial charge is 0.282 e. The van der Waals surface area contributed by atoms with Gasteiger partial charge in [0.2, 0.25) is 0 Å². The number of carbonyl (C=O) groups excluding carboxylic acids is 2. The van der Waals surface area contributed by atoms with Gasteiger partial charge in [0.1, 0.15) is 5.70 Å². The lowest BCUT2D eigenvalue weighted by molar-refractivity contribution is -0.384. The molecule has 2 aromatic carbocycles. The van der Waals surface area contributed by atoms with Gasteiger partial charge in [0.15, 0.2) is 0 Å². The summed E-state index contributed by atoms with van der Waals surface area (Å²) in [5, 5.41) is 20.3. The number of aryl methyl sites for hydroxylation is 1. The van der Waals surface area contributed by atoms with Crippen molar-refractivity contribution in [2.45, 2.75) is 26.2 Å². The second-order valence-electron chi connectivity index (χ2n) is 7.39. The van der Waals surface area contributed by atoms with E-state index in [0.29, 0.717) is 11.3 Å². The third kappa shape index (κ3) is 4.49. The first-order chi connectivity index (χ1) is 14.9. The number of amides is 2. The Labute approximate surface area is 180 Å². The van der Waals surface area contributed by atoms with E-state index in [-0.39, 0.29) is 30.1 Å². The number of hydrogen-bond acceptors (Lipinski definition) is 6. The maximum atomic E-state index is 13.3. The quantitative estimate of drug-likeness (QED) is 0.377. The van der Waals surface area contributed by atoms with Gasteiger partial charge in [-0.15, -0.1) is 0 Å². The predicted octanol–water partition coefficient (Wildman–Crippen LogP) is 3.15. The first kappa shape index (κ1) is 22.2. The minimum Gasteiger partial charge on any atom is -0.395 e. The van der Waals surface area contributed by atoms with E-state index >= 15 is 0 Å². The Hall–Kier alpha value is -3.52. The van der Waals surface area contributed by atoms with Crippen molar-refractivity contribution in [3.8, 4) is 0 Å². The number of anilines is 1. The molecule has 0 saturated heterocycles. The maximum absolute atomic E-state index is 13.3. The topological polar surface area (TPSA) is 104 Å². The van der Waals surface area contributed by atoms with Crippen molar-refractivity contribution >= 4 is 28.8 Å². The van der Waals surface area contributed by atoms with Crippen LogP contribution in [0.3, 0.4) is 0 Å². The lowest BCUT2D eigenvalue weighted by Gasteiger charge is -2.20. The lowest BCUT2D eigenvalue weighted by Crippen LogP contribution is -2.34. The zero-order valence-corrected chi connectivity index (χ0v) is 17.6. The number of imide groups is 1. The van der Waals surface area contributed by atoms with Crippen LogP contribution in [0.5, 0.6) is 0 Å². The van der Waals surface area contributed by atoms with Crippen molar-refractivity contribution in [3.63, 3.8) is 0 Å². The molecule has 162 valence electrons. The summed E-state index contributed by atoms with van der Waals surface area (Å²) in [5.74, 6) is -0.990. The molecule has 2 amide bonds. The van der Waals surface area contributed by atoms with E-state index < -0.39 is 16.7 Å². The zero-order valence-electron chi connectivity index (χ0n) is 17.6. The van der Waals surface area contributed by atoms with Gasteiger partial charge in [-0.25, -0.2) is 4.90 Å². The maximum Gasteiger partial charge on any atom is 0.282 e. The van der Waals surface area contributed by atoms with Crippen LogP contribution < -0.4 is 4.90 Å². The molecule has 8 heteroatoms. The second-order valence-corrected chi connectivity index (χ2v) is 7.39. The summed E-state index contributed by atoms with van der Waals surface area (Å²) >= 11 is 0. The van der Waals surface area contributed by atoms with Crippen LogP contribution in [0.1, 0.15) is 30.9 Å². The first-order valence-corrected chi connectivity index (χ1v) is 10.2. The Morgan fingerprint density at radius 1 is 1.03 bits per heavy atom. The number of rotatable bonds is 9. The number of aliphatic hydroxyl groups excluding tert-OH is 1. The average Bonchev–Trinajstić information content (AvgIpc) is 3.03. The molecule has 31 heavy (non-hydrogen) atoms. The molecule has 1 heterocycles. The molecule has 3 rings (SSSR count). The van der Waals surface area contributed by atoms with Gasteiger partial charge in [0.05, 0.1) is 22.8 Å². The Kier molecular flexibility index (Phi) is 6.81. The number of nitrogens with zero attached hydrogens (tertiary/aromatic N) is 3. The van der Waals surface area contributed by atoms with Gasteiger partial charge in [-0.1, -0.05) is 25.5 Å². The number of carbonyl (C=O) groups is 2. The zero-order chi connectivity index (χ0) is 22.5. The van der Waals surface area contributed by atoms with E-state index in [1.54, 1.807) is 19.2 Å². The van der Waals surface area contributed by atoms with E-state index in [2.05, 4.69) is 6.92 Å². The van der Waals surface area contributed by atoms with Crippen molar-refractivity contribution in [2.24, 2.45) is 0 Å². The van der Waals surface area contributed by atoms with Gasteiger partial charge in [-0.3, -0.25) is 19.7 Å². The second kappa shape index (κ2) is 9.53. The minimum atomic E-state index is -0.523.